The summed E-state index contributed by atoms with van der Waals surface area (Å²) < 4.78 is 34.0. The van der Waals surface area contributed by atoms with Crippen molar-refractivity contribution < 1.29 is 18.3 Å². The Balaban J connectivity index is 0.00000385. The molecule has 1 heterocycles. The topological polar surface area (TPSA) is 76.5 Å². The monoisotopic (exact) mass is 478 g/mol. The number of rotatable bonds is 8. The lowest BCUT2D eigenvalue weighted by atomic mass is 10.1. The van der Waals surface area contributed by atoms with Crippen molar-refractivity contribution in [2.75, 3.05) is 32.6 Å². The molecule has 2 aromatic carbocycles. The van der Waals surface area contributed by atoms with Gasteiger partial charge in [-0.15, -0.1) is 12.4 Å². The van der Waals surface area contributed by atoms with Crippen molar-refractivity contribution in [3.05, 3.63) is 82.1 Å². The molecule has 0 aliphatic carbocycles. The van der Waals surface area contributed by atoms with Gasteiger partial charge < -0.3 is 9.64 Å². The summed E-state index contributed by atoms with van der Waals surface area (Å²) in [6, 6.07) is 13.2. The zero-order valence-corrected chi connectivity index (χ0v) is 19.1. The summed E-state index contributed by atoms with van der Waals surface area (Å²) in [4.78, 5) is 26.2. The van der Waals surface area contributed by atoms with Crippen LogP contribution in [0.25, 0.3) is 11.3 Å². The molecule has 0 atom stereocenters. The maximum absolute atomic E-state index is 14.1. The third-order valence-electron chi connectivity index (χ3n) is 4.58. The van der Waals surface area contributed by atoms with Crippen molar-refractivity contribution in [3.63, 3.8) is 0 Å². The maximum atomic E-state index is 14.1. The van der Waals surface area contributed by atoms with E-state index in [4.69, 9.17) is 4.74 Å². The number of hydrogen-bond donors (Lipinski definition) is 1. The van der Waals surface area contributed by atoms with Crippen molar-refractivity contribution in [3.8, 4) is 11.3 Å². The van der Waals surface area contributed by atoms with E-state index in [1.54, 1.807) is 24.3 Å². The third-order valence-corrected chi connectivity index (χ3v) is 4.58. The highest BCUT2D eigenvalue weighted by Crippen LogP contribution is 2.21. The molecule has 1 amide bonds. The molecule has 33 heavy (non-hydrogen) atoms. The van der Waals surface area contributed by atoms with Crippen LogP contribution in [0.1, 0.15) is 12.0 Å². The predicted molar refractivity (Wildman–Crippen MR) is 125 cm³/mol. The Bertz CT molecular complexity index is 1150. The molecule has 0 fully saturated rings. The van der Waals surface area contributed by atoms with Gasteiger partial charge in [-0.3, -0.25) is 10.1 Å². The van der Waals surface area contributed by atoms with Crippen molar-refractivity contribution in [2.45, 2.75) is 13.0 Å². The van der Waals surface area contributed by atoms with Crippen LogP contribution < -0.4 is 10.9 Å². The van der Waals surface area contributed by atoms with Crippen molar-refractivity contribution in [1.82, 2.24) is 14.7 Å². The molecule has 0 aliphatic rings. The zero-order valence-electron chi connectivity index (χ0n) is 18.3. The molecule has 0 bridgehead atoms. The summed E-state index contributed by atoms with van der Waals surface area (Å²) in [5.41, 5.74) is 0.884. The number of carbonyl (C=O) groups excluding carboxylic acids is 1. The summed E-state index contributed by atoms with van der Waals surface area (Å²) in [6.07, 6.45) is 0.150. The molecule has 1 aromatic heterocycles. The van der Waals surface area contributed by atoms with E-state index in [1.165, 1.54) is 24.3 Å². The largest absolute Gasteiger partial charge is 0.449 e. The number of anilines is 1. The van der Waals surface area contributed by atoms with Crippen LogP contribution >= 0.6 is 12.4 Å². The Morgan fingerprint density at radius 3 is 2.64 bits per heavy atom. The average Bonchev–Trinajstić information content (AvgIpc) is 2.75. The number of carbonyl (C=O) groups is 1. The maximum Gasteiger partial charge on any atom is 0.411 e. The Labute approximate surface area is 196 Å². The number of hydrogen-bond acceptors (Lipinski definition) is 5. The molecular weight excluding hydrogens is 454 g/mol. The van der Waals surface area contributed by atoms with Gasteiger partial charge in [0.15, 0.2) is 11.6 Å². The van der Waals surface area contributed by atoms with Gasteiger partial charge in [-0.1, -0.05) is 18.2 Å². The third kappa shape index (κ3) is 7.37. The van der Waals surface area contributed by atoms with Gasteiger partial charge in [0.05, 0.1) is 18.8 Å². The number of ether oxygens (including phenoxy) is 1. The van der Waals surface area contributed by atoms with Gasteiger partial charge in [0.1, 0.15) is 0 Å². The first-order chi connectivity index (χ1) is 15.3. The average molecular weight is 479 g/mol. The van der Waals surface area contributed by atoms with Gasteiger partial charge in [-0.2, -0.15) is 5.10 Å². The standard InChI is InChI=1S/C23H24F2N4O3.ClH/c1-28(2)12-5-13-32-23(31)26-17-7-3-6-16(14-17)15-29-21(30)11-10-20(27-29)18-8-4-9-19(24)22(18)25;/h3-4,6-11,14H,5,12-13,15H2,1-2H3,(H,26,31);1H. The minimum Gasteiger partial charge on any atom is -0.449 e. The molecule has 7 nitrogen and oxygen atoms in total. The van der Waals surface area contributed by atoms with Crippen molar-refractivity contribution in [1.29, 1.82) is 0 Å². The molecule has 0 saturated heterocycles. The van der Waals surface area contributed by atoms with E-state index >= 15 is 0 Å². The first-order valence-corrected chi connectivity index (χ1v) is 10.0. The number of benzene rings is 2. The lowest BCUT2D eigenvalue weighted by Crippen LogP contribution is -2.23. The molecular formula is C23H25ClF2N4O3. The van der Waals surface area contributed by atoms with E-state index in [-0.39, 0.29) is 30.2 Å². The molecule has 1 N–H and O–H groups in total. The van der Waals surface area contributed by atoms with E-state index in [2.05, 4.69) is 10.4 Å². The summed E-state index contributed by atoms with van der Waals surface area (Å²) >= 11 is 0. The van der Waals surface area contributed by atoms with Crippen LogP contribution in [0, 0.1) is 11.6 Å². The van der Waals surface area contributed by atoms with Crippen LogP contribution in [0.15, 0.2) is 59.4 Å². The number of nitrogens with one attached hydrogen (secondary N) is 1. The van der Waals surface area contributed by atoms with Crippen LogP contribution in [0.5, 0.6) is 0 Å². The zero-order chi connectivity index (χ0) is 23.1. The quantitative estimate of drug-likeness (QED) is 0.492. The lowest BCUT2D eigenvalue weighted by molar-refractivity contribution is 0.156. The molecule has 10 heteroatoms. The van der Waals surface area contributed by atoms with Crippen LogP contribution in [-0.2, 0) is 11.3 Å². The minimum absolute atomic E-state index is 0. The number of amides is 1. The normalized spacial score (nSPS) is 10.6. The summed E-state index contributed by atoms with van der Waals surface area (Å²) in [5, 5.41) is 6.82. The first kappa shape index (κ1) is 26.0. The SMILES string of the molecule is CN(C)CCCOC(=O)Nc1cccc(Cn2nc(-c3cccc(F)c3F)ccc2=O)c1.Cl. The van der Waals surface area contributed by atoms with Gasteiger partial charge in [0.2, 0.25) is 0 Å². The van der Waals surface area contributed by atoms with Crippen LogP contribution in [-0.4, -0.2) is 48.0 Å². The highest BCUT2D eigenvalue weighted by molar-refractivity contribution is 5.85. The Hall–Kier alpha value is -3.30. The highest BCUT2D eigenvalue weighted by atomic mass is 35.5. The van der Waals surface area contributed by atoms with E-state index in [0.29, 0.717) is 17.9 Å². The van der Waals surface area contributed by atoms with E-state index < -0.39 is 23.3 Å². The molecule has 0 unspecified atom stereocenters. The smallest absolute Gasteiger partial charge is 0.411 e. The fourth-order valence-corrected chi connectivity index (χ4v) is 3.03. The molecule has 176 valence electrons. The molecule has 3 aromatic rings. The Morgan fingerprint density at radius 1 is 1.12 bits per heavy atom. The predicted octanol–water partition coefficient (Wildman–Crippen LogP) is 4.16. The van der Waals surface area contributed by atoms with Crippen LogP contribution in [0.4, 0.5) is 19.3 Å². The second-order valence-corrected chi connectivity index (χ2v) is 7.43. The molecule has 0 saturated carbocycles. The molecule has 0 radical (unpaired) electrons. The van der Waals surface area contributed by atoms with Gasteiger partial charge in [-0.25, -0.2) is 18.3 Å². The van der Waals surface area contributed by atoms with E-state index in [9.17, 15) is 18.4 Å². The minimum atomic E-state index is -1.03. The van der Waals surface area contributed by atoms with E-state index in [0.717, 1.165) is 23.7 Å². The van der Waals surface area contributed by atoms with Gasteiger partial charge in [0.25, 0.3) is 5.56 Å². The second-order valence-electron chi connectivity index (χ2n) is 7.43. The van der Waals surface area contributed by atoms with Crippen molar-refractivity contribution in [2.24, 2.45) is 0 Å². The van der Waals surface area contributed by atoms with E-state index in [1.807, 2.05) is 19.0 Å². The summed E-state index contributed by atoms with van der Waals surface area (Å²) in [5.74, 6) is -2.02. The van der Waals surface area contributed by atoms with Gasteiger partial charge >= 0.3 is 6.09 Å². The molecule has 0 spiro atoms. The molecule has 3 rings (SSSR count). The van der Waals surface area contributed by atoms with Crippen LogP contribution in [0.2, 0.25) is 0 Å². The molecule has 0 aliphatic heterocycles. The Kier molecular flexibility index (Phi) is 9.50. The number of aromatic nitrogens is 2. The fourth-order valence-electron chi connectivity index (χ4n) is 3.03. The second kappa shape index (κ2) is 12.1. The lowest BCUT2D eigenvalue weighted by Gasteiger charge is -2.11. The highest BCUT2D eigenvalue weighted by Gasteiger charge is 2.12. The van der Waals surface area contributed by atoms with Crippen LogP contribution in [0.3, 0.4) is 0 Å². The summed E-state index contributed by atoms with van der Waals surface area (Å²) in [7, 11) is 3.88. The summed E-state index contributed by atoms with van der Waals surface area (Å²) in [6.45, 7) is 1.19. The number of halogens is 3. The number of nitrogens with zero attached hydrogens (tertiary/aromatic N) is 3. The van der Waals surface area contributed by atoms with Crippen molar-refractivity contribution >= 4 is 24.2 Å². The van der Waals surface area contributed by atoms with Gasteiger partial charge in [0, 0.05) is 23.9 Å². The first-order valence-electron chi connectivity index (χ1n) is 10.0. The van der Waals surface area contributed by atoms with Gasteiger partial charge in [-0.05, 0) is 56.4 Å². The Morgan fingerprint density at radius 2 is 1.88 bits per heavy atom. The fraction of sp³-hybridized carbons (Fsp3) is 0.261.